The lowest BCUT2D eigenvalue weighted by atomic mass is 10.1. The Kier molecular flexibility index (Phi) is 3.34. The molecule has 0 bridgehead atoms. The van der Waals surface area contributed by atoms with Gasteiger partial charge in [-0.25, -0.2) is 4.79 Å². The van der Waals surface area contributed by atoms with Gasteiger partial charge in [0.1, 0.15) is 0 Å². The van der Waals surface area contributed by atoms with Crippen molar-refractivity contribution < 1.29 is 14.3 Å². The highest BCUT2D eigenvalue weighted by Gasteiger charge is 2.22. The molecular weight excluding hydrogens is 256 g/mol. The molecular formula is C12H11ClN2O3. The Balaban J connectivity index is 2.58. The molecule has 0 aliphatic heterocycles. The molecule has 1 heterocycles. The number of hydrogen-bond acceptors (Lipinski definition) is 4. The summed E-state index contributed by atoms with van der Waals surface area (Å²) in [5, 5.41) is 4.68. The van der Waals surface area contributed by atoms with E-state index in [1.165, 1.54) is 6.07 Å². The summed E-state index contributed by atoms with van der Waals surface area (Å²) in [6.45, 7) is 1.80. The van der Waals surface area contributed by atoms with Gasteiger partial charge < -0.3 is 4.74 Å². The number of esters is 1. The highest BCUT2D eigenvalue weighted by molar-refractivity contribution is 6.45. The third-order valence-electron chi connectivity index (χ3n) is 2.54. The molecule has 0 N–H and O–H groups in total. The van der Waals surface area contributed by atoms with E-state index in [1.54, 1.807) is 30.8 Å². The minimum atomic E-state index is -0.884. The molecule has 5 nitrogen and oxygen atoms in total. The van der Waals surface area contributed by atoms with E-state index in [1.807, 2.05) is 0 Å². The number of hydrogen-bond donors (Lipinski definition) is 0. The molecule has 18 heavy (non-hydrogen) atoms. The predicted octanol–water partition coefficient (Wildman–Crippen LogP) is 1.97. The van der Waals surface area contributed by atoms with Crippen molar-refractivity contribution >= 4 is 34.3 Å². The second-order valence-corrected chi connectivity index (χ2v) is 4.02. The third-order valence-corrected chi connectivity index (χ3v) is 2.81. The van der Waals surface area contributed by atoms with Crippen LogP contribution in [0.2, 0.25) is 5.15 Å². The van der Waals surface area contributed by atoms with Crippen molar-refractivity contribution in [3.8, 4) is 0 Å². The Hall–Kier alpha value is -1.88. The average molecular weight is 267 g/mol. The molecule has 0 radical (unpaired) electrons. The van der Waals surface area contributed by atoms with E-state index in [0.717, 1.165) is 0 Å². The van der Waals surface area contributed by atoms with E-state index in [2.05, 4.69) is 5.10 Å². The zero-order valence-corrected chi connectivity index (χ0v) is 10.7. The molecule has 0 unspecified atom stereocenters. The van der Waals surface area contributed by atoms with Crippen LogP contribution >= 0.6 is 11.6 Å². The Labute approximate surface area is 108 Å². The predicted molar refractivity (Wildman–Crippen MR) is 66.7 cm³/mol. The van der Waals surface area contributed by atoms with Gasteiger partial charge in [0.05, 0.1) is 17.5 Å². The van der Waals surface area contributed by atoms with Gasteiger partial charge in [-0.3, -0.25) is 9.48 Å². The topological polar surface area (TPSA) is 61.2 Å². The molecule has 0 saturated heterocycles. The summed E-state index contributed by atoms with van der Waals surface area (Å²) in [5.41, 5.74) is 0.902. The Bertz CT molecular complexity index is 634. The monoisotopic (exact) mass is 266 g/mol. The summed E-state index contributed by atoms with van der Waals surface area (Å²) in [4.78, 5) is 23.4. The normalized spacial score (nSPS) is 10.6. The van der Waals surface area contributed by atoms with Crippen molar-refractivity contribution in [2.45, 2.75) is 6.92 Å². The number of fused-ring (bicyclic) bond motifs is 1. The van der Waals surface area contributed by atoms with E-state index in [4.69, 9.17) is 16.3 Å². The molecule has 1 aromatic heterocycles. The standard InChI is InChI=1S/C12H11ClN2O3/c1-3-18-12(17)10(16)7-5-4-6-8-9(7)11(13)14-15(8)2/h4-6H,3H2,1-2H3. The molecule has 0 fully saturated rings. The van der Waals surface area contributed by atoms with Gasteiger partial charge in [-0.15, -0.1) is 0 Å². The minimum absolute atomic E-state index is 0.154. The number of ketones is 1. The van der Waals surface area contributed by atoms with E-state index >= 15 is 0 Å². The van der Waals surface area contributed by atoms with Crippen LogP contribution in [0.25, 0.3) is 10.9 Å². The summed E-state index contributed by atoms with van der Waals surface area (Å²) in [6.07, 6.45) is 0. The zero-order valence-electron chi connectivity index (χ0n) is 9.94. The van der Waals surface area contributed by atoms with Crippen LogP contribution in [-0.4, -0.2) is 28.1 Å². The second-order valence-electron chi connectivity index (χ2n) is 3.66. The molecule has 0 aliphatic rings. The van der Waals surface area contributed by atoms with Gasteiger partial charge in [0.25, 0.3) is 5.78 Å². The molecule has 0 amide bonds. The molecule has 1 aromatic carbocycles. The number of halogens is 1. The summed E-state index contributed by atoms with van der Waals surface area (Å²) < 4.78 is 6.25. The number of aryl methyl sites for hydroxylation is 1. The van der Waals surface area contributed by atoms with Crippen LogP contribution in [0.1, 0.15) is 17.3 Å². The number of rotatable bonds is 3. The van der Waals surface area contributed by atoms with E-state index in [9.17, 15) is 9.59 Å². The van der Waals surface area contributed by atoms with Crippen LogP contribution in [0.3, 0.4) is 0 Å². The fraction of sp³-hybridized carbons (Fsp3) is 0.250. The summed E-state index contributed by atoms with van der Waals surface area (Å²) >= 11 is 5.97. The minimum Gasteiger partial charge on any atom is -0.460 e. The number of ether oxygens (including phenoxy) is 1. The Morgan fingerprint density at radius 3 is 2.83 bits per heavy atom. The molecule has 0 saturated carbocycles. The average Bonchev–Trinajstić information content (AvgIpc) is 2.65. The lowest BCUT2D eigenvalue weighted by Crippen LogP contribution is -2.17. The van der Waals surface area contributed by atoms with Gasteiger partial charge >= 0.3 is 5.97 Å². The number of Topliss-reactive ketones (excluding diaryl/α,β-unsaturated/α-hetero) is 1. The van der Waals surface area contributed by atoms with Crippen LogP contribution in [0, 0.1) is 0 Å². The molecule has 0 aliphatic carbocycles. The lowest BCUT2D eigenvalue weighted by Gasteiger charge is -2.02. The molecule has 2 rings (SSSR count). The lowest BCUT2D eigenvalue weighted by molar-refractivity contribution is -0.137. The summed E-state index contributed by atoms with van der Waals surface area (Å²) in [5.74, 6) is -1.60. The maximum atomic E-state index is 11.9. The SMILES string of the molecule is CCOC(=O)C(=O)c1cccc2c1c(Cl)nn2C. The van der Waals surface area contributed by atoms with Gasteiger partial charge in [-0.2, -0.15) is 5.10 Å². The fourth-order valence-corrected chi connectivity index (χ4v) is 2.07. The molecule has 0 atom stereocenters. The van der Waals surface area contributed by atoms with Crippen LogP contribution in [0.4, 0.5) is 0 Å². The van der Waals surface area contributed by atoms with Crippen molar-refractivity contribution in [2.75, 3.05) is 6.61 Å². The number of aromatic nitrogens is 2. The first-order valence-corrected chi connectivity index (χ1v) is 5.76. The highest BCUT2D eigenvalue weighted by Crippen LogP contribution is 2.26. The maximum absolute atomic E-state index is 11.9. The van der Waals surface area contributed by atoms with Crippen LogP contribution in [0.5, 0.6) is 0 Å². The quantitative estimate of drug-likeness (QED) is 0.484. The van der Waals surface area contributed by atoms with Gasteiger partial charge in [0.2, 0.25) is 0 Å². The van der Waals surface area contributed by atoms with Gasteiger partial charge in [0, 0.05) is 12.6 Å². The van der Waals surface area contributed by atoms with E-state index < -0.39 is 11.8 Å². The van der Waals surface area contributed by atoms with Crippen molar-refractivity contribution in [1.82, 2.24) is 9.78 Å². The molecule has 94 valence electrons. The smallest absolute Gasteiger partial charge is 0.379 e. The second kappa shape index (κ2) is 4.78. The first-order chi connectivity index (χ1) is 8.56. The number of carbonyl (C=O) groups excluding carboxylic acids is 2. The fourth-order valence-electron chi connectivity index (χ4n) is 1.76. The van der Waals surface area contributed by atoms with Gasteiger partial charge in [0.15, 0.2) is 5.15 Å². The van der Waals surface area contributed by atoms with Crippen molar-refractivity contribution in [3.63, 3.8) is 0 Å². The Morgan fingerprint density at radius 1 is 1.44 bits per heavy atom. The third kappa shape index (κ3) is 1.97. The Morgan fingerprint density at radius 2 is 2.17 bits per heavy atom. The van der Waals surface area contributed by atoms with Crippen molar-refractivity contribution in [2.24, 2.45) is 7.05 Å². The first-order valence-electron chi connectivity index (χ1n) is 5.39. The van der Waals surface area contributed by atoms with Gasteiger partial charge in [-0.1, -0.05) is 17.7 Å². The first kappa shape index (κ1) is 12.6. The van der Waals surface area contributed by atoms with E-state index in [0.29, 0.717) is 10.9 Å². The van der Waals surface area contributed by atoms with Crippen molar-refractivity contribution in [1.29, 1.82) is 0 Å². The largest absolute Gasteiger partial charge is 0.460 e. The van der Waals surface area contributed by atoms with Crippen LogP contribution < -0.4 is 0 Å². The molecule has 6 heteroatoms. The summed E-state index contributed by atoms with van der Waals surface area (Å²) in [7, 11) is 1.72. The van der Waals surface area contributed by atoms with Crippen molar-refractivity contribution in [3.05, 3.63) is 28.9 Å². The van der Waals surface area contributed by atoms with Crippen LogP contribution in [0.15, 0.2) is 18.2 Å². The van der Waals surface area contributed by atoms with Crippen LogP contribution in [-0.2, 0) is 16.6 Å². The van der Waals surface area contributed by atoms with Gasteiger partial charge in [-0.05, 0) is 19.1 Å². The number of carbonyl (C=O) groups is 2. The number of nitrogens with zero attached hydrogens (tertiary/aromatic N) is 2. The molecule has 0 spiro atoms. The summed E-state index contributed by atoms with van der Waals surface area (Å²) in [6, 6.07) is 4.98. The molecule has 2 aromatic rings. The maximum Gasteiger partial charge on any atom is 0.379 e. The number of benzene rings is 1. The highest BCUT2D eigenvalue weighted by atomic mass is 35.5. The van der Waals surface area contributed by atoms with E-state index in [-0.39, 0.29) is 17.3 Å². The zero-order chi connectivity index (χ0) is 13.3.